The number of aromatic carboxylic acids is 1. The number of carbonyl (C=O) groups is 1. The van der Waals surface area contributed by atoms with Crippen molar-refractivity contribution in [3.8, 4) is 0 Å². The Kier molecular flexibility index (Phi) is 4.32. The summed E-state index contributed by atoms with van der Waals surface area (Å²) in [6, 6.07) is 6.60. The second-order valence-corrected chi connectivity index (χ2v) is 5.09. The van der Waals surface area contributed by atoms with Gasteiger partial charge in [0.05, 0.1) is 12.1 Å². The van der Waals surface area contributed by atoms with E-state index in [1.165, 1.54) is 4.90 Å². The van der Waals surface area contributed by atoms with Crippen LogP contribution in [0.15, 0.2) is 24.3 Å². The van der Waals surface area contributed by atoms with Gasteiger partial charge in [-0.3, -0.25) is 4.90 Å². The highest BCUT2D eigenvalue weighted by Gasteiger charge is 2.32. The van der Waals surface area contributed by atoms with Crippen LogP contribution in [0.25, 0.3) is 0 Å². The first-order valence-electron chi connectivity index (χ1n) is 6.47. The van der Waals surface area contributed by atoms with Crippen LogP contribution in [-0.2, 0) is 0 Å². The zero-order valence-corrected chi connectivity index (χ0v) is 10.9. The van der Waals surface area contributed by atoms with Crippen LogP contribution in [0.5, 0.6) is 0 Å². The number of piperidine rings is 1. The molecule has 1 heterocycles. The molecule has 1 N–H and O–H groups in total. The fourth-order valence-electron chi connectivity index (χ4n) is 2.58. The highest BCUT2D eigenvalue weighted by Crippen LogP contribution is 2.29. The molecular weight excluding hydrogens is 271 g/mol. The summed E-state index contributed by atoms with van der Waals surface area (Å²) in [4.78, 5) is 12.2. The number of rotatable bonds is 3. The lowest BCUT2D eigenvalue weighted by molar-refractivity contribution is -0.147. The quantitative estimate of drug-likeness (QED) is 0.928. The van der Waals surface area contributed by atoms with Crippen molar-refractivity contribution in [2.75, 3.05) is 19.6 Å². The molecule has 0 radical (unpaired) electrons. The zero-order chi connectivity index (χ0) is 14.8. The van der Waals surface area contributed by atoms with E-state index in [9.17, 15) is 18.0 Å². The van der Waals surface area contributed by atoms with Gasteiger partial charge in [-0.05, 0) is 49.5 Å². The maximum atomic E-state index is 12.3. The predicted molar refractivity (Wildman–Crippen MR) is 67.9 cm³/mol. The van der Waals surface area contributed by atoms with Gasteiger partial charge >= 0.3 is 12.1 Å². The van der Waals surface area contributed by atoms with Crippen LogP contribution in [-0.4, -0.2) is 41.8 Å². The Labute approximate surface area is 115 Å². The standard InChI is InChI=1S/C14H16F3NO2/c15-14(16,17)9-18-7-5-11(6-8-18)10-1-3-12(4-2-10)13(19)20/h1-4,11H,5-9H2,(H,19,20). The number of likely N-dealkylation sites (tertiary alicyclic amines) is 1. The maximum absolute atomic E-state index is 12.3. The van der Waals surface area contributed by atoms with Crippen LogP contribution in [0.4, 0.5) is 13.2 Å². The van der Waals surface area contributed by atoms with Crippen LogP contribution >= 0.6 is 0 Å². The molecule has 0 aromatic heterocycles. The van der Waals surface area contributed by atoms with Gasteiger partial charge in [0.15, 0.2) is 0 Å². The van der Waals surface area contributed by atoms with Gasteiger partial charge in [-0.2, -0.15) is 13.2 Å². The number of benzene rings is 1. The lowest BCUT2D eigenvalue weighted by atomic mass is 9.89. The molecule has 0 bridgehead atoms. The van der Waals surface area contributed by atoms with E-state index in [4.69, 9.17) is 5.11 Å². The van der Waals surface area contributed by atoms with E-state index in [0.717, 1.165) is 5.56 Å². The molecular formula is C14H16F3NO2. The zero-order valence-electron chi connectivity index (χ0n) is 10.9. The predicted octanol–water partition coefficient (Wildman–Crippen LogP) is 3.13. The summed E-state index contributed by atoms with van der Waals surface area (Å²) >= 11 is 0. The molecule has 2 rings (SSSR count). The molecule has 1 aromatic carbocycles. The molecule has 0 unspecified atom stereocenters. The van der Waals surface area contributed by atoms with Gasteiger partial charge in [0.25, 0.3) is 0 Å². The van der Waals surface area contributed by atoms with E-state index in [0.29, 0.717) is 25.9 Å². The Hall–Kier alpha value is -1.56. The smallest absolute Gasteiger partial charge is 0.401 e. The van der Waals surface area contributed by atoms with Crippen molar-refractivity contribution >= 4 is 5.97 Å². The van der Waals surface area contributed by atoms with Gasteiger partial charge in [0.1, 0.15) is 0 Å². The number of hydrogen-bond acceptors (Lipinski definition) is 2. The molecule has 1 fully saturated rings. The number of carboxylic acids is 1. The largest absolute Gasteiger partial charge is 0.478 e. The number of carboxylic acid groups (broad SMARTS) is 1. The number of hydrogen-bond donors (Lipinski definition) is 1. The minimum absolute atomic E-state index is 0.210. The fourth-order valence-corrected chi connectivity index (χ4v) is 2.58. The van der Waals surface area contributed by atoms with E-state index in [1.807, 2.05) is 0 Å². The molecule has 1 saturated heterocycles. The van der Waals surface area contributed by atoms with E-state index < -0.39 is 18.7 Å². The summed E-state index contributed by atoms with van der Waals surface area (Å²) in [7, 11) is 0. The molecule has 1 aliphatic rings. The average molecular weight is 287 g/mol. The number of alkyl halides is 3. The van der Waals surface area contributed by atoms with Gasteiger partial charge in [0.2, 0.25) is 0 Å². The van der Waals surface area contributed by atoms with Crippen molar-refractivity contribution in [3.63, 3.8) is 0 Å². The summed E-state index contributed by atoms with van der Waals surface area (Å²) in [5, 5.41) is 8.82. The highest BCUT2D eigenvalue weighted by molar-refractivity contribution is 5.87. The molecule has 110 valence electrons. The third-order valence-corrected chi connectivity index (χ3v) is 3.62. The van der Waals surface area contributed by atoms with Crippen LogP contribution in [0.1, 0.15) is 34.7 Å². The maximum Gasteiger partial charge on any atom is 0.401 e. The van der Waals surface area contributed by atoms with E-state index in [1.54, 1.807) is 24.3 Å². The van der Waals surface area contributed by atoms with E-state index in [2.05, 4.69) is 0 Å². The molecule has 0 spiro atoms. The summed E-state index contributed by atoms with van der Waals surface area (Å²) in [5.74, 6) is -0.765. The third kappa shape index (κ3) is 3.96. The summed E-state index contributed by atoms with van der Waals surface area (Å²) in [6.07, 6.45) is -2.80. The van der Waals surface area contributed by atoms with Crippen molar-refractivity contribution in [1.82, 2.24) is 4.90 Å². The lowest BCUT2D eigenvalue weighted by Gasteiger charge is -2.32. The van der Waals surface area contributed by atoms with E-state index in [-0.39, 0.29) is 11.5 Å². The van der Waals surface area contributed by atoms with Crippen molar-refractivity contribution in [1.29, 1.82) is 0 Å². The Morgan fingerprint density at radius 2 is 1.75 bits per heavy atom. The highest BCUT2D eigenvalue weighted by atomic mass is 19.4. The lowest BCUT2D eigenvalue weighted by Crippen LogP contribution is -2.39. The van der Waals surface area contributed by atoms with Crippen LogP contribution in [0, 0.1) is 0 Å². The molecule has 0 aliphatic carbocycles. The molecule has 20 heavy (non-hydrogen) atoms. The van der Waals surface area contributed by atoms with Crippen molar-refractivity contribution in [2.45, 2.75) is 24.9 Å². The van der Waals surface area contributed by atoms with Crippen LogP contribution in [0.2, 0.25) is 0 Å². The van der Waals surface area contributed by atoms with Crippen molar-refractivity contribution < 1.29 is 23.1 Å². The second-order valence-electron chi connectivity index (χ2n) is 5.09. The summed E-state index contributed by atoms with van der Waals surface area (Å²) < 4.78 is 36.8. The summed E-state index contributed by atoms with van der Waals surface area (Å²) in [6.45, 7) is -0.00656. The van der Waals surface area contributed by atoms with Crippen LogP contribution < -0.4 is 0 Å². The van der Waals surface area contributed by atoms with Gasteiger partial charge in [-0.25, -0.2) is 4.79 Å². The monoisotopic (exact) mass is 287 g/mol. The normalized spacial score (nSPS) is 18.1. The minimum Gasteiger partial charge on any atom is -0.478 e. The van der Waals surface area contributed by atoms with Gasteiger partial charge in [-0.15, -0.1) is 0 Å². The Balaban J connectivity index is 1.92. The third-order valence-electron chi connectivity index (χ3n) is 3.62. The molecule has 0 amide bonds. The molecule has 6 heteroatoms. The van der Waals surface area contributed by atoms with Crippen molar-refractivity contribution in [3.05, 3.63) is 35.4 Å². The van der Waals surface area contributed by atoms with E-state index >= 15 is 0 Å². The minimum atomic E-state index is -4.14. The summed E-state index contributed by atoms with van der Waals surface area (Å²) in [5.41, 5.74) is 1.23. The average Bonchev–Trinajstić information content (AvgIpc) is 2.38. The molecule has 1 aromatic rings. The second kappa shape index (κ2) is 5.83. The topological polar surface area (TPSA) is 40.5 Å². The Bertz CT molecular complexity index is 462. The van der Waals surface area contributed by atoms with Gasteiger partial charge < -0.3 is 5.11 Å². The molecule has 0 saturated carbocycles. The Morgan fingerprint density at radius 1 is 1.20 bits per heavy atom. The molecule has 0 atom stereocenters. The SMILES string of the molecule is O=C(O)c1ccc(C2CCN(CC(F)(F)F)CC2)cc1. The first-order valence-corrected chi connectivity index (χ1v) is 6.47. The molecule has 1 aliphatic heterocycles. The number of halogens is 3. The fraction of sp³-hybridized carbons (Fsp3) is 0.500. The number of nitrogens with zero attached hydrogens (tertiary/aromatic N) is 1. The molecule has 3 nitrogen and oxygen atoms in total. The first-order chi connectivity index (χ1) is 9.35. The first kappa shape index (κ1) is 14.8. The van der Waals surface area contributed by atoms with Gasteiger partial charge in [-0.1, -0.05) is 12.1 Å². The van der Waals surface area contributed by atoms with Crippen molar-refractivity contribution in [2.24, 2.45) is 0 Å². The van der Waals surface area contributed by atoms with Gasteiger partial charge in [0, 0.05) is 0 Å². The van der Waals surface area contributed by atoms with Crippen LogP contribution in [0.3, 0.4) is 0 Å². The Morgan fingerprint density at radius 3 is 2.20 bits per heavy atom.